The minimum Gasteiger partial charge on any atom is -0.505 e. The van der Waals surface area contributed by atoms with E-state index >= 15 is 0 Å². The average Bonchev–Trinajstić information content (AvgIpc) is 2.48. The third-order valence-corrected chi connectivity index (χ3v) is 3.84. The molecule has 0 amide bonds. The predicted octanol–water partition coefficient (Wildman–Crippen LogP) is 2.23. The van der Waals surface area contributed by atoms with Crippen molar-refractivity contribution in [3.63, 3.8) is 0 Å². The van der Waals surface area contributed by atoms with Gasteiger partial charge in [0.05, 0.1) is 12.6 Å². The standard InChI is InChI=1S/C15H18N2O3/c1-20-10-5-6-12-11(9-10)14(18)13(15(19)16-12)17-7-3-2-4-8-17/h5-6,9H,2-4,7-8H2,1H3,(H2,16,18,19). The maximum atomic E-state index is 12.2. The Morgan fingerprint density at radius 1 is 1.25 bits per heavy atom. The monoisotopic (exact) mass is 274 g/mol. The normalized spacial score (nSPS) is 15.6. The number of piperidine rings is 1. The van der Waals surface area contributed by atoms with E-state index in [9.17, 15) is 9.90 Å². The number of ether oxygens (including phenoxy) is 1. The second-order valence-corrected chi connectivity index (χ2v) is 5.11. The second-order valence-electron chi connectivity index (χ2n) is 5.11. The number of aromatic nitrogens is 1. The fraction of sp³-hybridized carbons (Fsp3) is 0.400. The SMILES string of the molecule is COc1ccc2[nH]c(=O)c(N3CCCCC3)c(O)c2c1. The van der Waals surface area contributed by atoms with Crippen LogP contribution in [0, 0.1) is 0 Å². The Hall–Kier alpha value is -2.17. The largest absolute Gasteiger partial charge is 0.505 e. The molecule has 0 unspecified atom stereocenters. The first kappa shape index (κ1) is 12.8. The van der Waals surface area contributed by atoms with Crippen molar-refractivity contribution in [3.05, 3.63) is 28.6 Å². The molecule has 2 aromatic rings. The van der Waals surface area contributed by atoms with E-state index < -0.39 is 0 Å². The van der Waals surface area contributed by atoms with Crippen LogP contribution in [0.3, 0.4) is 0 Å². The maximum Gasteiger partial charge on any atom is 0.275 e. The van der Waals surface area contributed by atoms with Crippen LogP contribution in [0.25, 0.3) is 10.9 Å². The van der Waals surface area contributed by atoms with Gasteiger partial charge in [0, 0.05) is 18.5 Å². The van der Waals surface area contributed by atoms with Gasteiger partial charge < -0.3 is 19.7 Å². The van der Waals surface area contributed by atoms with Crippen molar-refractivity contribution in [3.8, 4) is 11.5 Å². The third-order valence-electron chi connectivity index (χ3n) is 3.84. The molecule has 3 rings (SSSR count). The molecule has 0 atom stereocenters. The number of hydrogen-bond donors (Lipinski definition) is 2. The molecule has 0 spiro atoms. The van der Waals surface area contributed by atoms with Crippen molar-refractivity contribution in [2.75, 3.05) is 25.1 Å². The maximum absolute atomic E-state index is 12.2. The molecular formula is C15H18N2O3. The predicted molar refractivity (Wildman–Crippen MR) is 78.8 cm³/mol. The smallest absolute Gasteiger partial charge is 0.275 e. The van der Waals surface area contributed by atoms with Crippen molar-refractivity contribution in [2.24, 2.45) is 0 Å². The van der Waals surface area contributed by atoms with E-state index in [0.717, 1.165) is 25.9 Å². The lowest BCUT2D eigenvalue weighted by Crippen LogP contribution is -2.33. The zero-order valence-electron chi connectivity index (χ0n) is 11.5. The molecule has 5 heteroatoms. The first-order valence-electron chi connectivity index (χ1n) is 6.88. The molecular weight excluding hydrogens is 256 g/mol. The lowest BCUT2D eigenvalue weighted by Gasteiger charge is -2.28. The Kier molecular flexibility index (Phi) is 3.26. The number of pyridine rings is 1. The summed E-state index contributed by atoms with van der Waals surface area (Å²) in [5.74, 6) is 0.703. The number of H-pyrrole nitrogens is 1. The van der Waals surface area contributed by atoms with E-state index in [2.05, 4.69) is 4.98 Å². The number of rotatable bonds is 2. The molecule has 1 aromatic carbocycles. The topological polar surface area (TPSA) is 65.6 Å². The quantitative estimate of drug-likeness (QED) is 0.881. The summed E-state index contributed by atoms with van der Waals surface area (Å²) in [6.07, 6.45) is 3.28. The Bertz CT molecular complexity index is 687. The fourth-order valence-electron chi connectivity index (χ4n) is 2.78. The highest BCUT2D eigenvalue weighted by atomic mass is 16.5. The summed E-state index contributed by atoms with van der Waals surface area (Å²) in [6.45, 7) is 1.62. The zero-order valence-corrected chi connectivity index (χ0v) is 11.5. The van der Waals surface area contributed by atoms with Gasteiger partial charge in [-0.25, -0.2) is 0 Å². The van der Waals surface area contributed by atoms with E-state index in [1.54, 1.807) is 25.3 Å². The van der Waals surface area contributed by atoms with Crippen LogP contribution in [0.5, 0.6) is 11.5 Å². The number of methoxy groups -OCH3 is 1. The molecule has 2 N–H and O–H groups in total. The molecule has 1 aliphatic heterocycles. The first-order valence-corrected chi connectivity index (χ1v) is 6.88. The van der Waals surface area contributed by atoms with Crippen LogP contribution >= 0.6 is 0 Å². The van der Waals surface area contributed by atoms with Crippen molar-refractivity contribution in [2.45, 2.75) is 19.3 Å². The van der Waals surface area contributed by atoms with Crippen LogP contribution in [0.2, 0.25) is 0 Å². The molecule has 2 heterocycles. The summed E-state index contributed by atoms with van der Waals surface area (Å²) < 4.78 is 5.18. The Morgan fingerprint density at radius 2 is 2.00 bits per heavy atom. The number of nitrogens with zero attached hydrogens (tertiary/aromatic N) is 1. The Labute approximate surface area is 116 Å². The number of aromatic hydroxyl groups is 1. The summed E-state index contributed by atoms with van der Waals surface area (Å²) in [5, 5.41) is 11.1. The van der Waals surface area contributed by atoms with Crippen LogP contribution in [-0.4, -0.2) is 30.3 Å². The van der Waals surface area contributed by atoms with Crippen LogP contribution in [0.15, 0.2) is 23.0 Å². The van der Waals surface area contributed by atoms with Crippen LogP contribution in [0.1, 0.15) is 19.3 Å². The van der Waals surface area contributed by atoms with Gasteiger partial charge in [-0.05, 0) is 37.5 Å². The molecule has 20 heavy (non-hydrogen) atoms. The van der Waals surface area contributed by atoms with E-state index in [1.807, 2.05) is 4.90 Å². The van der Waals surface area contributed by atoms with E-state index in [-0.39, 0.29) is 11.3 Å². The van der Waals surface area contributed by atoms with Gasteiger partial charge in [0.1, 0.15) is 11.4 Å². The lowest BCUT2D eigenvalue weighted by atomic mass is 10.1. The Morgan fingerprint density at radius 3 is 2.70 bits per heavy atom. The molecule has 1 saturated heterocycles. The first-order chi connectivity index (χ1) is 9.70. The molecule has 5 nitrogen and oxygen atoms in total. The van der Waals surface area contributed by atoms with Crippen molar-refractivity contribution < 1.29 is 9.84 Å². The van der Waals surface area contributed by atoms with E-state index in [1.165, 1.54) is 6.42 Å². The Balaban J connectivity index is 2.18. The summed E-state index contributed by atoms with van der Waals surface area (Å²) in [5.41, 5.74) is 0.765. The third kappa shape index (κ3) is 2.09. The number of hydrogen-bond acceptors (Lipinski definition) is 4. The second kappa shape index (κ2) is 5.07. The summed E-state index contributed by atoms with van der Waals surface area (Å²) in [4.78, 5) is 17.0. The number of aromatic amines is 1. The number of nitrogens with one attached hydrogen (secondary N) is 1. The van der Waals surface area contributed by atoms with Crippen molar-refractivity contribution in [1.82, 2.24) is 4.98 Å². The highest BCUT2D eigenvalue weighted by Crippen LogP contribution is 2.34. The number of anilines is 1. The van der Waals surface area contributed by atoms with Crippen LogP contribution < -0.4 is 15.2 Å². The molecule has 0 aliphatic carbocycles. The minimum absolute atomic E-state index is 0.0459. The van der Waals surface area contributed by atoms with Gasteiger partial charge in [-0.3, -0.25) is 4.79 Å². The van der Waals surface area contributed by atoms with Gasteiger partial charge in [0.15, 0.2) is 5.75 Å². The number of benzene rings is 1. The molecule has 106 valence electrons. The number of fused-ring (bicyclic) bond motifs is 1. The highest BCUT2D eigenvalue weighted by molar-refractivity contribution is 5.91. The van der Waals surface area contributed by atoms with Gasteiger partial charge in [-0.1, -0.05) is 0 Å². The van der Waals surface area contributed by atoms with Gasteiger partial charge in [0.2, 0.25) is 0 Å². The summed E-state index contributed by atoms with van der Waals surface area (Å²) >= 11 is 0. The molecule has 1 fully saturated rings. The molecule has 0 radical (unpaired) electrons. The molecule has 0 saturated carbocycles. The molecule has 0 bridgehead atoms. The molecule has 1 aliphatic rings. The van der Waals surface area contributed by atoms with E-state index in [0.29, 0.717) is 22.3 Å². The van der Waals surface area contributed by atoms with Gasteiger partial charge in [0.25, 0.3) is 5.56 Å². The summed E-state index contributed by atoms with van der Waals surface area (Å²) in [7, 11) is 1.58. The lowest BCUT2D eigenvalue weighted by molar-refractivity contribution is 0.415. The molecule has 1 aromatic heterocycles. The van der Waals surface area contributed by atoms with E-state index in [4.69, 9.17) is 4.74 Å². The van der Waals surface area contributed by atoms with Crippen LogP contribution in [0.4, 0.5) is 5.69 Å². The zero-order chi connectivity index (χ0) is 14.1. The summed E-state index contributed by atoms with van der Waals surface area (Å²) in [6, 6.07) is 5.25. The van der Waals surface area contributed by atoms with Gasteiger partial charge in [-0.15, -0.1) is 0 Å². The fourth-order valence-corrected chi connectivity index (χ4v) is 2.78. The van der Waals surface area contributed by atoms with Gasteiger partial charge in [-0.2, -0.15) is 0 Å². The van der Waals surface area contributed by atoms with Crippen LogP contribution in [-0.2, 0) is 0 Å². The van der Waals surface area contributed by atoms with Crippen molar-refractivity contribution >= 4 is 16.6 Å². The highest BCUT2D eigenvalue weighted by Gasteiger charge is 2.20. The minimum atomic E-state index is -0.234. The average molecular weight is 274 g/mol. The van der Waals surface area contributed by atoms with Crippen molar-refractivity contribution in [1.29, 1.82) is 0 Å². The van der Waals surface area contributed by atoms with Gasteiger partial charge >= 0.3 is 0 Å².